The molecule has 4 aromatic heterocycles. The van der Waals surface area contributed by atoms with Crippen LogP contribution in [0.5, 0.6) is 0 Å². The van der Waals surface area contributed by atoms with E-state index in [4.69, 9.17) is 0 Å². The second kappa shape index (κ2) is 8.68. The minimum absolute atomic E-state index is 0.567. The number of aromatic nitrogens is 10. The molecule has 0 fully saturated rings. The molecular formula is C10H2F2N16O10. The van der Waals surface area contributed by atoms with Gasteiger partial charge in [-0.05, 0) is 20.6 Å². The molecule has 0 saturated carbocycles. The van der Waals surface area contributed by atoms with Crippen LogP contribution in [0.25, 0.3) is 23.0 Å². The molecule has 0 atom stereocenters. The van der Waals surface area contributed by atoms with Crippen molar-refractivity contribution in [1.29, 1.82) is 0 Å². The second-order valence-electron chi connectivity index (χ2n) is 6.29. The molecule has 196 valence electrons. The molecule has 0 aliphatic heterocycles. The molecule has 0 radical (unpaired) electrons. The predicted octanol–water partition coefficient (Wildman–Crippen LogP) is -0.295. The normalized spacial score (nSPS) is 12.2. The highest BCUT2D eigenvalue weighted by Crippen LogP contribution is 2.32. The number of halogens is 2. The first-order valence-electron chi connectivity index (χ1n) is 8.79. The van der Waals surface area contributed by atoms with Crippen molar-refractivity contribution in [2.45, 2.75) is 11.8 Å². The van der Waals surface area contributed by atoms with Crippen LogP contribution in [0.15, 0.2) is 19.5 Å². The Morgan fingerprint density at radius 3 is 1.32 bits per heavy atom. The smallest absolute Gasteiger partial charge is 0.256 e. The number of rotatable bonds is 10. The van der Waals surface area contributed by atoms with Crippen molar-refractivity contribution in [3.05, 3.63) is 52.1 Å². The molecule has 0 saturated heterocycles. The molecule has 26 nitrogen and oxygen atoms in total. The van der Waals surface area contributed by atoms with Crippen molar-refractivity contribution in [2.75, 3.05) is 0 Å². The van der Waals surface area contributed by atoms with Crippen molar-refractivity contribution in [3.63, 3.8) is 0 Å². The van der Waals surface area contributed by atoms with Crippen molar-refractivity contribution in [1.82, 2.24) is 51.0 Å². The second-order valence-corrected chi connectivity index (χ2v) is 6.29. The van der Waals surface area contributed by atoms with Crippen LogP contribution >= 0.6 is 0 Å². The van der Waals surface area contributed by atoms with Gasteiger partial charge in [0.25, 0.3) is 0 Å². The van der Waals surface area contributed by atoms with E-state index in [0.717, 1.165) is 0 Å². The van der Waals surface area contributed by atoms with E-state index in [2.05, 4.69) is 60.3 Å². The first-order valence-corrected chi connectivity index (χ1v) is 8.79. The van der Waals surface area contributed by atoms with Gasteiger partial charge in [0.1, 0.15) is 19.7 Å². The lowest BCUT2D eigenvalue weighted by Gasteiger charge is -2.03. The Balaban J connectivity index is 1.64. The molecule has 0 bridgehead atoms. The van der Waals surface area contributed by atoms with E-state index in [0.29, 0.717) is 0 Å². The highest BCUT2D eigenvalue weighted by Gasteiger charge is 2.65. The number of nitro groups is 4. The van der Waals surface area contributed by atoms with Gasteiger partial charge < -0.3 is 0 Å². The van der Waals surface area contributed by atoms with Crippen LogP contribution in [0.3, 0.4) is 0 Å². The van der Waals surface area contributed by atoms with Crippen LogP contribution in [0.1, 0.15) is 11.6 Å². The number of nitrogens with one attached hydrogen (secondary N) is 2. The lowest BCUT2D eigenvalue weighted by Crippen LogP contribution is -2.39. The molecule has 4 heterocycles. The lowest BCUT2D eigenvalue weighted by atomic mass is 10.4. The molecule has 0 aromatic carbocycles. The Kier molecular flexibility index (Phi) is 5.65. The fourth-order valence-electron chi connectivity index (χ4n) is 2.37. The van der Waals surface area contributed by atoms with Crippen LogP contribution in [-0.2, 0) is 11.8 Å². The first kappa shape index (κ1) is 24.7. The average Bonchev–Trinajstić information content (AvgIpc) is 3.66. The van der Waals surface area contributed by atoms with Crippen molar-refractivity contribution in [3.8, 4) is 23.0 Å². The average molecular weight is 544 g/mol. The zero-order chi connectivity index (χ0) is 27.8. The molecule has 28 heteroatoms. The third-order valence-corrected chi connectivity index (χ3v) is 4.15. The van der Waals surface area contributed by atoms with Gasteiger partial charge in [0, 0.05) is 0 Å². The molecular weight excluding hydrogens is 542 g/mol. The van der Waals surface area contributed by atoms with Crippen LogP contribution in [0.2, 0.25) is 0 Å². The number of nitrogens with zero attached hydrogens (tertiary/aromatic N) is 14. The minimum atomic E-state index is -4.39. The van der Waals surface area contributed by atoms with Crippen LogP contribution < -0.4 is 0 Å². The van der Waals surface area contributed by atoms with E-state index in [1.165, 1.54) is 0 Å². The van der Waals surface area contributed by atoms with Crippen LogP contribution in [0.4, 0.5) is 20.4 Å². The van der Waals surface area contributed by atoms with Crippen molar-refractivity contribution in [2.24, 2.45) is 10.2 Å². The highest BCUT2D eigenvalue weighted by molar-refractivity contribution is 5.63. The summed E-state index contributed by atoms with van der Waals surface area (Å²) in [6, 6.07) is 0. The van der Waals surface area contributed by atoms with Gasteiger partial charge in [-0.2, -0.15) is 20.2 Å². The molecule has 4 aromatic rings. The largest absolute Gasteiger partial charge is 0.677 e. The summed E-state index contributed by atoms with van der Waals surface area (Å²) in [4.78, 5) is 42.4. The van der Waals surface area contributed by atoms with Crippen LogP contribution in [0, 0.1) is 40.5 Å². The monoisotopic (exact) mass is 544 g/mol. The SMILES string of the molecule is O=[N+]([O-])C(F)(c1nc(-c2nonc2N=Nc2nonc2-c2n[nH]c(C(F)([N+](=O)[O-])[N+](=O)[O-])n2)n[nH]1)[N+](=O)[O-]. The Morgan fingerprint density at radius 1 is 0.658 bits per heavy atom. The predicted molar refractivity (Wildman–Crippen MR) is 97.1 cm³/mol. The zero-order valence-corrected chi connectivity index (χ0v) is 17.1. The molecule has 4 rings (SSSR count). The maximum absolute atomic E-state index is 14.3. The zero-order valence-electron chi connectivity index (χ0n) is 17.1. The molecule has 0 unspecified atom stereocenters. The number of alkyl halides is 2. The highest BCUT2D eigenvalue weighted by atomic mass is 19.2. The summed E-state index contributed by atoms with van der Waals surface area (Å²) in [7, 11) is 0. The summed E-state index contributed by atoms with van der Waals surface area (Å²) in [6.45, 7) is 0. The molecule has 0 spiro atoms. The van der Waals surface area contributed by atoms with E-state index in [-0.39, 0.29) is 0 Å². The third kappa shape index (κ3) is 3.73. The number of H-pyrrole nitrogens is 2. The van der Waals surface area contributed by atoms with Crippen LogP contribution in [-0.4, -0.2) is 70.7 Å². The van der Waals surface area contributed by atoms with E-state index >= 15 is 0 Å². The van der Waals surface area contributed by atoms with E-state index in [1.807, 2.05) is 0 Å². The maximum Gasteiger partial charge on any atom is 0.677 e. The van der Waals surface area contributed by atoms with Gasteiger partial charge in [-0.1, -0.05) is 8.78 Å². The number of hydrogen-bond donors (Lipinski definition) is 2. The Labute approximate surface area is 198 Å². The Hall–Kier alpha value is -6.38. The summed E-state index contributed by atoms with van der Waals surface area (Å²) in [6.07, 6.45) is 0. The summed E-state index contributed by atoms with van der Waals surface area (Å²) in [5.74, 6) is -14.3. The van der Waals surface area contributed by atoms with Gasteiger partial charge in [0.2, 0.25) is 34.7 Å². The maximum atomic E-state index is 14.3. The lowest BCUT2D eigenvalue weighted by molar-refractivity contribution is -0.847. The fraction of sp³-hybridized carbons (Fsp3) is 0.200. The first-order chi connectivity index (χ1) is 17.9. The number of aromatic amines is 2. The van der Waals surface area contributed by atoms with Crippen molar-refractivity contribution < 1.29 is 37.7 Å². The van der Waals surface area contributed by atoms with Crippen molar-refractivity contribution >= 4 is 11.6 Å². The fourth-order valence-corrected chi connectivity index (χ4v) is 2.37. The third-order valence-electron chi connectivity index (χ3n) is 4.15. The summed E-state index contributed by atoms with van der Waals surface area (Å²) in [5, 5.41) is 73.6. The van der Waals surface area contributed by atoms with Gasteiger partial charge in [-0.25, -0.2) is 19.5 Å². The van der Waals surface area contributed by atoms with E-state index < -0.39 is 77.8 Å². The standard InChI is InChI=1S/C10H2F2N16O10/c11-9(25(29)30,26(31)32)7-13-3(15-19-7)1-5(23-37-21-1)17-18-6-2(22-38-24-6)4-14-8(20-16-4)10(12,27(33)34)28(35)36/h(H,13,15,19)(H,14,16,20). The van der Waals surface area contributed by atoms with Gasteiger partial charge >= 0.3 is 23.5 Å². The summed E-state index contributed by atoms with van der Waals surface area (Å²) in [5.41, 5.74) is -1.13. The number of hydrogen-bond acceptors (Lipinski definition) is 20. The minimum Gasteiger partial charge on any atom is -0.256 e. The van der Waals surface area contributed by atoms with E-state index in [1.54, 1.807) is 10.2 Å². The molecule has 2 N–H and O–H groups in total. The van der Waals surface area contributed by atoms with Gasteiger partial charge in [-0.3, -0.25) is 40.5 Å². The van der Waals surface area contributed by atoms with Gasteiger partial charge in [-0.15, -0.1) is 10.2 Å². The molecule has 0 amide bonds. The summed E-state index contributed by atoms with van der Waals surface area (Å²) < 4.78 is 37.3. The number of azo groups is 1. The summed E-state index contributed by atoms with van der Waals surface area (Å²) >= 11 is 0. The topological polar surface area (TPSA) is 358 Å². The molecule has 38 heavy (non-hydrogen) atoms. The quantitative estimate of drug-likeness (QED) is 0.0850. The van der Waals surface area contributed by atoms with Gasteiger partial charge in [0.05, 0.1) is 0 Å². The Bertz CT molecular complexity index is 1460. The molecule has 0 aliphatic carbocycles. The van der Waals surface area contributed by atoms with Gasteiger partial charge in [0.15, 0.2) is 0 Å². The molecule has 0 aliphatic rings. The Morgan fingerprint density at radius 2 is 1.00 bits per heavy atom. The van der Waals surface area contributed by atoms with E-state index in [9.17, 15) is 49.2 Å².